The summed E-state index contributed by atoms with van der Waals surface area (Å²) in [5.74, 6) is 0.135. The number of likely N-dealkylation sites (tertiary alicyclic amines) is 1. The van der Waals surface area contributed by atoms with E-state index in [1.807, 2.05) is 17.7 Å². The summed E-state index contributed by atoms with van der Waals surface area (Å²) in [6, 6.07) is 2.50. The van der Waals surface area contributed by atoms with Crippen LogP contribution in [0.15, 0.2) is 12.3 Å². The molecule has 1 saturated heterocycles. The van der Waals surface area contributed by atoms with Crippen LogP contribution in [-0.4, -0.2) is 38.2 Å². The summed E-state index contributed by atoms with van der Waals surface area (Å²) in [5, 5.41) is 5.32. The zero-order valence-corrected chi connectivity index (χ0v) is 14.5. The van der Waals surface area contributed by atoms with Gasteiger partial charge in [-0.2, -0.15) is 5.10 Å². The molecule has 3 heterocycles. The van der Waals surface area contributed by atoms with Crippen molar-refractivity contribution >= 4 is 16.9 Å². The molecule has 1 fully saturated rings. The van der Waals surface area contributed by atoms with Gasteiger partial charge in [-0.05, 0) is 52.5 Å². The first-order valence-corrected chi connectivity index (χ1v) is 8.68. The second-order valence-corrected chi connectivity index (χ2v) is 6.79. The molecule has 1 amide bonds. The van der Waals surface area contributed by atoms with E-state index in [-0.39, 0.29) is 11.9 Å². The van der Waals surface area contributed by atoms with Gasteiger partial charge in [-0.1, -0.05) is 6.92 Å². The smallest absolute Gasteiger partial charge is 0.254 e. The minimum atomic E-state index is 0.135. The lowest BCUT2D eigenvalue weighted by Gasteiger charge is -2.35. The molecule has 0 spiro atoms. The Bertz CT molecular complexity index is 719. The molecule has 1 aliphatic heterocycles. The molecule has 0 bridgehead atoms. The van der Waals surface area contributed by atoms with E-state index in [4.69, 9.17) is 0 Å². The van der Waals surface area contributed by atoms with Gasteiger partial charge in [0.25, 0.3) is 5.91 Å². The van der Waals surface area contributed by atoms with E-state index in [0.29, 0.717) is 6.04 Å². The van der Waals surface area contributed by atoms with Crippen LogP contribution in [0.3, 0.4) is 0 Å². The van der Waals surface area contributed by atoms with Crippen molar-refractivity contribution in [3.8, 4) is 0 Å². The second-order valence-electron chi connectivity index (χ2n) is 6.79. The van der Waals surface area contributed by atoms with E-state index in [1.54, 1.807) is 6.20 Å². The molecule has 1 aliphatic rings. The SMILES string of the molecule is CC[C@@H]1CCCCN1C(=O)c1cc(C)nc2c1cnn2C(C)C. The van der Waals surface area contributed by atoms with Crippen molar-refractivity contribution in [2.45, 2.75) is 65.5 Å². The minimum Gasteiger partial charge on any atom is -0.336 e. The van der Waals surface area contributed by atoms with Gasteiger partial charge >= 0.3 is 0 Å². The highest BCUT2D eigenvalue weighted by Gasteiger charge is 2.28. The summed E-state index contributed by atoms with van der Waals surface area (Å²) in [7, 11) is 0. The third-order valence-corrected chi connectivity index (χ3v) is 4.77. The lowest BCUT2D eigenvalue weighted by Crippen LogP contribution is -2.43. The molecular formula is C18H26N4O. The third-order valence-electron chi connectivity index (χ3n) is 4.77. The fourth-order valence-corrected chi connectivity index (χ4v) is 3.55. The van der Waals surface area contributed by atoms with Gasteiger partial charge in [-0.25, -0.2) is 9.67 Å². The van der Waals surface area contributed by atoms with Crippen molar-refractivity contribution in [3.05, 3.63) is 23.5 Å². The summed E-state index contributed by atoms with van der Waals surface area (Å²) >= 11 is 0. The molecule has 5 heteroatoms. The number of carbonyl (C=O) groups is 1. The van der Waals surface area contributed by atoms with E-state index in [0.717, 1.165) is 48.1 Å². The highest BCUT2D eigenvalue weighted by molar-refractivity contribution is 6.05. The molecule has 0 radical (unpaired) electrons. The van der Waals surface area contributed by atoms with Crippen molar-refractivity contribution in [1.29, 1.82) is 0 Å². The Labute approximate surface area is 137 Å². The van der Waals surface area contributed by atoms with E-state index in [1.165, 1.54) is 6.42 Å². The molecule has 5 nitrogen and oxygen atoms in total. The molecule has 124 valence electrons. The van der Waals surface area contributed by atoms with Crippen molar-refractivity contribution < 1.29 is 4.79 Å². The molecule has 3 rings (SSSR count). The Kier molecular flexibility index (Phi) is 4.37. The number of carbonyl (C=O) groups excluding carboxylic acids is 1. The molecule has 0 unspecified atom stereocenters. The van der Waals surface area contributed by atoms with Crippen LogP contribution < -0.4 is 0 Å². The predicted molar refractivity (Wildman–Crippen MR) is 91.6 cm³/mol. The van der Waals surface area contributed by atoms with Gasteiger partial charge in [0.2, 0.25) is 0 Å². The fraction of sp³-hybridized carbons (Fsp3) is 0.611. The number of pyridine rings is 1. The lowest BCUT2D eigenvalue weighted by molar-refractivity contribution is 0.0610. The minimum absolute atomic E-state index is 0.135. The van der Waals surface area contributed by atoms with Gasteiger partial charge in [0.05, 0.1) is 17.1 Å². The number of nitrogens with zero attached hydrogens (tertiary/aromatic N) is 4. The number of rotatable bonds is 3. The first-order chi connectivity index (χ1) is 11.0. The topological polar surface area (TPSA) is 51.0 Å². The summed E-state index contributed by atoms with van der Waals surface area (Å²) in [6.45, 7) is 9.13. The van der Waals surface area contributed by atoms with Gasteiger partial charge in [-0.15, -0.1) is 0 Å². The van der Waals surface area contributed by atoms with Crippen LogP contribution in [0.2, 0.25) is 0 Å². The largest absolute Gasteiger partial charge is 0.336 e. The number of piperidine rings is 1. The molecular weight excluding hydrogens is 288 g/mol. The molecule has 2 aromatic rings. The quantitative estimate of drug-likeness (QED) is 0.867. The van der Waals surface area contributed by atoms with E-state index in [2.05, 4.69) is 35.8 Å². The zero-order valence-electron chi connectivity index (χ0n) is 14.5. The summed E-state index contributed by atoms with van der Waals surface area (Å²) in [4.78, 5) is 19.8. The average molecular weight is 314 g/mol. The molecule has 0 aliphatic carbocycles. The molecule has 1 atom stereocenters. The normalized spacial score (nSPS) is 18.8. The maximum Gasteiger partial charge on any atom is 0.254 e. The van der Waals surface area contributed by atoms with Crippen LogP contribution in [0.5, 0.6) is 0 Å². The maximum atomic E-state index is 13.2. The highest BCUT2D eigenvalue weighted by atomic mass is 16.2. The Hall–Kier alpha value is -1.91. The Morgan fingerprint density at radius 1 is 1.39 bits per heavy atom. The number of hydrogen-bond acceptors (Lipinski definition) is 3. The number of aryl methyl sites for hydroxylation is 1. The molecule has 0 saturated carbocycles. The van der Waals surface area contributed by atoms with Crippen LogP contribution in [0.25, 0.3) is 11.0 Å². The van der Waals surface area contributed by atoms with Gasteiger partial charge in [-0.3, -0.25) is 4.79 Å². The monoisotopic (exact) mass is 314 g/mol. The summed E-state index contributed by atoms with van der Waals surface area (Å²) in [5.41, 5.74) is 2.43. The molecule has 0 aromatic carbocycles. The summed E-state index contributed by atoms with van der Waals surface area (Å²) in [6.07, 6.45) is 6.24. The van der Waals surface area contributed by atoms with Crippen LogP contribution in [0.4, 0.5) is 0 Å². The number of hydrogen-bond donors (Lipinski definition) is 0. The van der Waals surface area contributed by atoms with Gasteiger partial charge in [0.1, 0.15) is 0 Å². The molecule has 0 N–H and O–H groups in total. The van der Waals surface area contributed by atoms with E-state index >= 15 is 0 Å². The predicted octanol–water partition coefficient (Wildman–Crippen LogP) is 3.73. The number of aromatic nitrogens is 3. The van der Waals surface area contributed by atoms with E-state index < -0.39 is 0 Å². The number of fused-ring (bicyclic) bond motifs is 1. The second kappa shape index (κ2) is 6.30. The van der Waals surface area contributed by atoms with Crippen LogP contribution in [0.1, 0.15) is 68.5 Å². The van der Waals surface area contributed by atoms with Gasteiger partial charge in [0, 0.05) is 24.3 Å². The van der Waals surface area contributed by atoms with Crippen molar-refractivity contribution in [2.75, 3.05) is 6.54 Å². The number of amides is 1. The molecule has 2 aromatic heterocycles. The highest BCUT2D eigenvalue weighted by Crippen LogP contribution is 2.26. The Balaban J connectivity index is 2.06. The van der Waals surface area contributed by atoms with Crippen molar-refractivity contribution in [3.63, 3.8) is 0 Å². The standard InChI is InChI=1S/C18H26N4O/c1-5-14-8-6-7-9-21(14)18(23)15-10-13(4)20-17-16(15)11-19-22(17)12(2)3/h10-12,14H,5-9H2,1-4H3/t14-/m1/s1. The van der Waals surface area contributed by atoms with Crippen molar-refractivity contribution in [1.82, 2.24) is 19.7 Å². The first-order valence-electron chi connectivity index (χ1n) is 8.68. The fourth-order valence-electron chi connectivity index (χ4n) is 3.55. The van der Waals surface area contributed by atoms with Gasteiger partial charge < -0.3 is 4.90 Å². The van der Waals surface area contributed by atoms with Crippen LogP contribution in [0, 0.1) is 6.92 Å². The lowest BCUT2D eigenvalue weighted by atomic mass is 9.98. The average Bonchev–Trinajstić information content (AvgIpc) is 2.97. The van der Waals surface area contributed by atoms with Crippen LogP contribution >= 0.6 is 0 Å². The first kappa shape index (κ1) is 16.0. The van der Waals surface area contributed by atoms with Gasteiger partial charge in [0.15, 0.2) is 5.65 Å². The van der Waals surface area contributed by atoms with Crippen LogP contribution in [-0.2, 0) is 0 Å². The Morgan fingerprint density at radius 2 is 2.17 bits per heavy atom. The van der Waals surface area contributed by atoms with E-state index in [9.17, 15) is 4.79 Å². The summed E-state index contributed by atoms with van der Waals surface area (Å²) < 4.78 is 1.90. The molecule has 23 heavy (non-hydrogen) atoms. The third kappa shape index (κ3) is 2.84. The van der Waals surface area contributed by atoms with Crippen molar-refractivity contribution in [2.24, 2.45) is 0 Å². The zero-order chi connectivity index (χ0) is 16.6. The maximum absolute atomic E-state index is 13.2. The Morgan fingerprint density at radius 3 is 2.87 bits per heavy atom.